The van der Waals surface area contributed by atoms with Crippen LogP contribution in [-0.2, 0) is 0 Å². The highest BCUT2D eigenvalue weighted by Gasteiger charge is 2.00. The minimum Gasteiger partial charge on any atom is -0.508 e. The van der Waals surface area contributed by atoms with Gasteiger partial charge < -0.3 is 5.11 Å². The van der Waals surface area contributed by atoms with Gasteiger partial charge in [0.2, 0.25) is 0 Å². The number of hydrogen-bond donors (Lipinski definition) is 2. The highest BCUT2D eigenvalue weighted by Crippen LogP contribution is 2.16. The predicted octanol–water partition coefficient (Wildman–Crippen LogP) is 1.83. The Morgan fingerprint density at radius 1 is 1.25 bits per heavy atom. The molecule has 0 unspecified atom stereocenters. The highest BCUT2D eigenvalue weighted by atomic mass is 35.5. The number of hydrogen-bond acceptors (Lipinski definition) is 3. The van der Waals surface area contributed by atoms with Crippen molar-refractivity contribution in [1.29, 1.82) is 0 Å². The van der Waals surface area contributed by atoms with Crippen molar-refractivity contribution in [1.82, 2.24) is 0 Å². The smallest absolute Gasteiger partial charge is 0.115 e. The van der Waals surface area contributed by atoms with Crippen LogP contribution in [-0.4, -0.2) is 22.7 Å². The molecule has 1 rings (SSSR count). The maximum absolute atomic E-state index is 9.28. The molecular weight excluding hydrogens is 178 g/mol. The number of phenolic OH excluding ortho intramolecular Hbond substituents is 1. The SMILES string of the molecule is Oc1ccc(N(O)CCCl)cc1. The van der Waals surface area contributed by atoms with Crippen LogP contribution in [0.4, 0.5) is 5.69 Å². The molecule has 0 aliphatic heterocycles. The summed E-state index contributed by atoms with van der Waals surface area (Å²) in [6, 6.07) is 6.24. The largest absolute Gasteiger partial charge is 0.508 e. The van der Waals surface area contributed by atoms with Gasteiger partial charge in [-0.1, -0.05) is 0 Å². The summed E-state index contributed by atoms with van der Waals surface area (Å²) in [4.78, 5) is 0. The van der Waals surface area contributed by atoms with Crippen molar-refractivity contribution < 1.29 is 10.3 Å². The van der Waals surface area contributed by atoms with E-state index >= 15 is 0 Å². The molecule has 0 aliphatic rings. The van der Waals surface area contributed by atoms with Crippen molar-refractivity contribution in [3.05, 3.63) is 24.3 Å². The molecule has 0 aliphatic carbocycles. The van der Waals surface area contributed by atoms with Crippen LogP contribution in [0.3, 0.4) is 0 Å². The second-order valence-electron chi connectivity index (χ2n) is 2.33. The van der Waals surface area contributed by atoms with Crippen LogP contribution in [0.2, 0.25) is 0 Å². The van der Waals surface area contributed by atoms with E-state index in [-0.39, 0.29) is 5.75 Å². The third-order valence-electron chi connectivity index (χ3n) is 1.44. The lowest BCUT2D eigenvalue weighted by atomic mass is 10.3. The summed E-state index contributed by atoms with van der Waals surface area (Å²) in [6.45, 7) is 0.367. The lowest BCUT2D eigenvalue weighted by molar-refractivity contribution is 0.261. The summed E-state index contributed by atoms with van der Waals surface area (Å²) in [5, 5.41) is 19.3. The minimum atomic E-state index is 0.179. The molecule has 0 amide bonds. The van der Waals surface area contributed by atoms with Gasteiger partial charge in [-0.05, 0) is 24.3 Å². The van der Waals surface area contributed by atoms with E-state index in [9.17, 15) is 5.21 Å². The molecule has 1 aromatic carbocycles. The van der Waals surface area contributed by atoms with E-state index in [1.165, 1.54) is 12.1 Å². The molecule has 4 heteroatoms. The van der Waals surface area contributed by atoms with Gasteiger partial charge >= 0.3 is 0 Å². The zero-order chi connectivity index (χ0) is 8.97. The number of anilines is 1. The number of benzene rings is 1. The summed E-state index contributed by atoms with van der Waals surface area (Å²) in [5.74, 6) is 0.537. The number of aromatic hydroxyl groups is 1. The van der Waals surface area contributed by atoms with E-state index in [0.29, 0.717) is 18.1 Å². The summed E-state index contributed by atoms with van der Waals surface area (Å²) in [5.41, 5.74) is 0.619. The van der Waals surface area contributed by atoms with Crippen LogP contribution in [0.5, 0.6) is 5.75 Å². The minimum absolute atomic E-state index is 0.179. The molecule has 0 heterocycles. The first-order valence-electron chi connectivity index (χ1n) is 3.55. The Hall–Kier alpha value is -0.930. The average Bonchev–Trinajstić information content (AvgIpc) is 2.06. The van der Waals surface area contributed by atoms with Crippen LogP contribution >= 0.6 is 11.6 Å². The van der Waals surface area contributed by atoms with E-state index in [1.54, 1.807) is 12.1 Å². The molecular formula is C8H10ClNO2. The normalized spacial score (nSPS) is 9.83. The molecule has 0 spiro atoms. The maximum Gasteiger partial charge on any atom is 0.115 e. The molecule has 0 radical (unpaired) electrons. The fourth-order valence-electron chi connectivity index (χ4n) is 0.834. The molecule has 2 N–H and O–H groups in total. The third-order valence-corrected chi connectivity index (χ3v) is 1.61. The van der Waals surface area contributed by atoms with Gasteiger partial charge in [0.05, 0.1) is 12.2 Å². The molecule has 1 aromatic rings. The van der Waals surface area contributed by atoms with Gasteiger partial charge in [0.25, 0.3) is 0 Å². The van der Waals surface area contributed by atoms with E-state index in [4.69, 9.17) is 16.7 Å². The van der Waals surface area contributed by atoms with Gasteiger partial charge in [-0.2, -0.15) is 0 Å². The lowest BCUT2D eigenvalue weighted by Crippen LogP contribution is -2.20. The Morgan fingerprint density at radius 2 is 1.83 bits per heavy atom. The highest BCUT2D eigenvalue weighted by molar-refractivity contribution is 6.18. The molecule has 0 saturated carbocycles. The van der Waals surface area contributed by atoms with E-state index in [1.807, 2.05) is 0 Å². The zero-order valence-corrected chi connectivity index (χ0v) is 7.20. The van der Waals surface area contributed by atoms with Crippen molar-refractivity contribution >= 4 is 17.3 Å². The van der Waals surface area contributed by atoms with Crippen LogP contribution in [0, 0.1) is 0 Å². The van der Waals surface area contributed by atoms with E-state index in [0.717, 1.165) is 5.06 Å². The monoisotopic (exact) mass is 187 g/mol. The van der Waals surface area contributed by atoms with Gasteiger partial charge in [-0.3, -0.25) is 10.3 Å². The standard InChI is InChI=1S/C8H10ClNO2/c9-5-6-10(12)7-1-3-8(11)4-2-7/h1-4,11-12H,5-6H2. The molecule has 0 bridgehead atoms. The van der Waals surface area contributed by atoms with E-state index < -0.39 is 0 Å². The van der Waals surface area contributed by atoms with Crippen molar-refractivity contribution in [3.63, 3.8) is 0 Å². The zero-order valence-electron chi connectivity index (χ0n) is 6.44. The van der Waals surface area contributed by atoms with Crippen LogP contribution < -0.4 is 5.06 Å². The first-order valence-corrected chi connectivity index (χ1v) is 4.09. The van der Waals surface area contributed by atoms with Crippen LogP contribution in [0.25, 0.3) is 0 Å². The number of phenols is 1. The number of nitrogens with zero attached hydrogens (tertiary/aromatic N) is 1. The number of halogens is 1. The van der Waals surface area contributed by atoms with Crippen molar-refractivity contribution in [2.75, 3.05) is 17.5 Å². The van der Waals surface area contributed by atoms with Gasteiger partial charge in [0, 0.05) is 5.88 Å². The van der Waals surface area contributed by atoms with Crippen molar-refractivity contribution in [2.45, 2.75) is 0 Å². The van der Waals surface area contributed by atoms with Crippen LogP contribution in [0.1, 0.15) is 0 Å². The number of hydroxylamine groups is 1. The topological polar surface area (TPSA) is 43.7 Å². The second kappa shape index (κ2) is 4.18. The first kappa shape index (κ1) is 9.16. The first-order chi connectivity index (χ1) is 5.74. The number of alkyl halides is 1. The maximum atomic E-state index is 9.28. The molecule has 0 atom stereocenters. The molecule has 0 fully saturated rings. The van der Waals surface area contributed by atoms with E-state index in [2.05, 4.69) is 0 Å². The van der Waals surface area contributed by atoms with Crippen molar-refractivity contribution in [2.24, 2.45) is 0 Å². The fraction of sp³-hybridized carbons (Fsp3) is 0.250. The van der Waals surface area contributed by atoms with Crippen LogP contribution in [0.15, 0.2) is 24.3 Å². The molecule has 0 aromatic heterocycles. The third kappa shape index (κ3) is 2.29. The fourth-order valence-corrected chi connectivity index (χ4v) is 0.994. The Labute approximate surface area is 75.8 Å². The van der Waals surface area contributed by atoms with Gasteiger partial charge in [-0.15, -0.1) is 11.6 Å². The molecule has 3 nitrogen and oxygen atoms in total. The molecule has 66 valence electrons. The quantitative estimate of drug-likeness (QED) is 0.561. The van der Waals surface area contributed by atoms with Gasteiger partial charge in [-0.25, -0.2) is 0 Å². The van der Waals surface area contributed by atoms with Gasteiger partial charge in [0.15, 0.2) is 0 Å². The summed E-state index contributed by atoms with van der Waals surface area (Å²) in [7, 11) is 0. The Kier molecular flexibility index (Phi) is 3.19. The Morgan fingerprint density at radius 3 is 2.33 bits per heavy atom. The average molecular weight is 188 g/mol. The molecule has 12 heavy (non-hydrogen) atoms. The van der Waals surface area contributed by atoms with Crippen molar-refractivity contribution in [3.8, 4) is 5.75 Å². The molecule has 0 saturated heterocycles. The summed E-state index contributed by atoms with van der Waals surface area (Å²) in [6.07, 6.45) is 0. The second-order valence-corrected chi connectivity index (χ2v) is 2.71. The predicted molar refractivity (Wildman–Crippen MR) is 48.0 cm³/mol. The Balaban J connectivity index is 2.68. The number of rotatable bonds is 3. The Bertz CT molecular complexity index is 237. The lowest BCUT2D eigenvalue weighted by Gasteiger charge is -2.14. The van der Waals surface area contributed by atoms with Gasteiger partial charge in [0.1, 0.15) is 5.75 Å². The summed E-state index contributed by atoms with van der Waals surface area (Å²) >= 11 is 5.43. The summed E-state index contributed by atoms with van der Waals surface area (Å²) < 4.78 is 0.